The summed E-state index contributed by atoms with van der Waals surface area (Å²) in [6.07, 6.45) is 3.66. The molecular weight excluding hydrogens is 350 g/mol. The van der Waals surface area contributed by atoms with E-state index in [2.05, 4.69) is 14.9 Å². The zero-order chi connectivity index (χ0) is 19.6. The topological polar surface area (TPSA) is 105 Å². The van der Waals surface area contributed by atoms with Crippen molar-refractivity contribution < 1.29 is 9.84 Å². The van der Waals surface area contributed by atoms with Gasteiger partial charge in [0.15, 0.2) is 11.2 Å². The Bertz CT molecular complexity index is 890. The van der Waals surface area contributed by atoms with E-state index in [-0.39, 0.29) is 19.3 Å². The van der Waals surface area contributed by atoms with E-state index in [1.165, 1.54) is 17.4 Å². The SMILES string of the molecule is CC(C)OCC(O)Cn1c(N2CCCCCC2)nc2c1c(=O)[nH]c(=O)n2C. The van der Waals surface area contributed by atoms with Gasteiger partial charge in [-0.05, 0) is 26.7 Å². The predicted octanol–water partition coefficient (Wildman–Crippen LogP) is 0.590. The number of aliphatic hydroxyl groups is 1. The van der Waals surface area contributed by atoms with E-state index in [1.54, 1.807) is 11.6 Å². The number of nitrogens with zero attached hydrogens (tertiary/aromatic N) is 4. The predicted molar refractivity (Wildman–Crippen MR) is 103 cm³/mol. The molecule has 0 amide bonds. The summed E-state index contributed by atoms with van der Waals surface area (Å²) in [5, 5.41) is 10.4. The van der Waals surface area contributed by atoms with Crippen LogP contribution in [0, 0.1) is 0 Å². The van der Waals surface area contributed by atoms with Crippen LogP contribution < -0.4 is 16.1 Å². The number of hydrogen-bond donors (Lipinski definition) is 2. The van der Waals surface area contributed by atoms with Gasteiger partial charge in [-0.3, -0.25) is 14.3 Å². The van der Waals surface area contributed by atoms with Crippen molar-refractivity contribution in [1.82, 2.24) is 19.1 Å². The number of H-pyrrole nitrogens is 1. The van der Waals surface area contributed by atoms with Crippen LogP contribution in [0.25, 0.3) is 11.2 Å². The van der Waals surface area contributed by atoms with E-state index in [0.717, 1.165) is 25.9 Å². The van der Waals surface area contributed by atoms with E-state index in [1.807, 2.05) is 13.8 Å². The first-order chi connectivity index (χ1) is 12.9. The number of nitrogens with one attached hydrogen (secondary N) is 1. The molecule has 0 aliphatic carbocycles. The quantitative estimate of drug-likeness (QED) is 0.761. The van der Waals surface area contributed by atoms with Gasteiger partial charge in [0.25, 0.3) is 5.56 Å². The molecule has 9 nitrogen and oxygen atoms in total. The first-order valence-electron chi connectivity index (χ1n) is 9.62. The number of aliphatic hydroxyl groups excluding tert-OH is 1. The fourth-order valence-electron chi connectivity index (χ4n) is 3.48. The minimum absolute atomic E-state index is 0.00785. The van der Waals surface area contributed by atoms with Crippen LogP contribution in [0.1, 0.15) is 39.5 Å². The third kappa shape index (κ3) is 4.24. The molecule has 0 aromatic carbocycles. The fraction of sp³-hybridized carbons (Fsp3) is 0.722. The van der Waals surface area contributed by atoms with E-state index >= 15 is 0 Å². The van der Waals surface area contributed by atoms with Crippen LogP contribution in [0.2, 0.25) is 0 Å². The molecule has 0 saturated carbocycles. The molecule has 2 N–H and O–H groups in total. The molecule has 3 heterocycles. The summed E-state index contributed by atoms with van der Waals surface area (Å²) in [7, 11) is 1.59. The van der Waals surface area contributed by atoms with Crippen molar-refractivity contribution in [3.63, 3.8) is 0 Å². The summed E-state index contributed by atoms with van der Waals surface area (Å²) >= 11 is 0. The van der Waals surface area contributed by atoms with Gasteiger partial charge in [0.1, 0.15) is 0 Å². The Labute approximate surface area is 157 Å². The van der Waals surface area contributed by atoms with Crippen LogP contribution in [-0.4, -0.2) is 56.1 Å². The van der Waals surface area contributed by atoms with Crippen molar-refractivity contribution in [1.29, 1.82) is 0 Å². The zero-order valence-corrected chi connectivity index (χ0v) is 16.3. The molecule has 27 heavy (non-hydrogen) atoms. The fourth-order valence-corrected chi connectivity index (χ4v) is 3.48. The number of aromatic amines is 1. The smallest absolute Gasteiger partial charge is 0.329 e. The first kappa shape index (κ1) is 19.6. The van der Waals surface area contributed by atoms with E-state index in [4.69, 9.17) is 4.74 Å². The van der Waals surface area contributed by atoms with Gasteiger partial charge < -0.3 is 19.3 Å². The third-order valence-corrected chi connectivity index (χ3v) is 4.89. The van der Waals surface area contributed by atoms with Crippen LogP contribution in [-0.2, 0) is 18.3 Å². The highest BCUT2D eigenvalue weighted by Crippen LogP contribution is 2.23. The standard InChI is InChI=1S/C18H29N5O4/c1-12(2)27-11-13(24)10-23-14-15(21(3)18(26)20-16(14)25)19-17(23)22-8-6-4-5-7-9-22/h12-13,24H,4-11H2,1-3H3,(H,20,25,26). The van der Waals surface area contributed by atoms with Gasteiger partial charge in [-0.1, -0.05) is 12.8 Å². The van der Waals surface area contributed by atoms with Crippen LogP contribution in [0.15, 0.2) is 9.59 Å². The van der Waals surface area contributed by atoms with Gasteiger partial charge in [-0.15, -0.1) is 0 Å². The number of aromatic nitrogens is 4. The van der Waals surface area contributed by atoms with Crippen LogP contribution in [0.3, 0.4) is 0 Å². The zero-order valence-electron chi connectivity index (χ0n) is 16.3. The molecule has 1 aliphatic rings. The highest BCUT2D eigenvalue weighted by atomic mass is 16.5. The van der Waals surface area contributed by atoms with E-state index in [0.29, 0.717) is 17.1 Å². The lowest BCUT2D eigenvalue weighted by Crippen LogP contribution is -2.32. The second kappa shape index (κ2) is 8.26. The van der Waals surface area contributed by atoms with Crippen molar-refractivity contribution in [3.05, 3.63) is 20.8 Å². The van der Waals surface area contributed by atoms with Crippen molar-refractivity contribution in [2.45, 2.75) is 58.3 Å². The Kier molecular flexibility index (Phi) is 6.01. The summed E-state index contributed by atoms with van der Waals surface area (Å²) in [5.41, 5.74) is -0.346. The van der Waals surface area contributed by atoms with E-state index < -0.39 is 17.4 Å². The largest absolute Gasteiger partial charge is 0.389 e. The van der Waals surface area contributed by atoms with Crippen molar-refractivity contribution in [2.75, 3.05) is 24.6 Å². The molecule has 1 atom stereocenters. The first-order valence-corrected chi connectivity index (χ1v) is 9.62. The lowest BCUT2D eigenvalue weighted by Gasteiger charge is -2.24. The third-order valence-electron chi connectivity index (χ3n) is 4.89. The molecule has 1 unspecified atom stereocenters. The van der Waals surface area contributed by atoms with Gasteiger partial charge >= 0.3 is 5.69 Å². The van der Waals surface area contributed by atoms with Crippen LogP contribution in [0.5, 0.6) is 0 Å². The Balaban J connectivity index is 2.06. The maximum absolute atomic E-state index is 12.5. The highest BCUT2D eigenvalue weighted by Gasteiger charge is 2.24. The minimum Gasteiger partial charge on any atom is -0.389 e. The molecule has 3 rings (SSSR count). The number of imidazole rings is 1. The number of hydrogen-bond acceptors (Lipinski definition) is 6. The summed E-state index contributed by atoms with van der Waals surface area (Å²) in [4.78, 5) is 33.6. The second-order valence-electron chi connectivity index (χ2n) is 7.45. The molecule has 150 valence electrons. The molecule has 9 heteroatoms. The summed E-state index contributed by atoms with van der Waals surface area (Å²) < 4.78 is 8.57. The molecule has 2 aromatic rings. The Hall–Kier alpha value is -2.13. The Morgan fingerprint density at radius 3 is 2.48 bits per heavy atom. The average molecular weight is 379 g/mol. The number of rotatable bonds is 6. The second-order valence-corrected chi connectivity index (χ2v) is 7.45. The van der Waals surface area contributed by atoms with Gasteiger partial charge in [0.05, 0.1) is 25.4 Å². The summed E-state index contributed by atoms with van der Waals surface area (Å²) in [6.45, 7) is 5.84. The van der Waals surface area contributed by atoms with Gasteiger partial charge in [0, 0.05) is 20.1 Å². The maximum atomic E-state index is 12.5. The normalized spacial score (nSPS) is 16.9. The molecule has 1 saturated heterocycles. The van der Waals surface area contributed by atoms with Gasteiger partial charge in [-0.25, -0.2) is 4.79 Å². The Morgan fingerprint density at radius 1 is 1.19 bits per heavy atom. The maximum Gasteiger partial charge on any atom is 0.329 e. The molecule has 0 bridgehead atoms. The summed E-state index contributed by atoms with van der Waals surface area (Å²) in [6, 6.07) is 0. The highest BCUT2D eigenvalue weighted by molar-refractivity contribution is 5.74. The molecular formula is C18H29N5O4. The average Bonchev–Trinajstić information content (AvgIpc) is 2.80. The minimum atomic E-state index is -0.785. The molecule has 1 aliphatic heterocycles. The Morgan fingerprint density at radius 2 is 1.85 bits per heavy atom. The van der Waals surface area contributed by atoms with Crippen LogP contribution in [0.4, 0.5) is 5.95 Å². The van der Waals surface area contributed by atoms with Crippen molar-refractivity contribution >= 4 is 17.1 Å². The van der Waals surface area contributed by atoms with Crippen LogP contribution >= 0.6 is 0 Å². The number of fused-ring (bicyclic) bond motifs is 1. The van der Waals surface area contributed by atoms with Crippen molar-refractivity contribution in [2.24, 2.45) is 7.05 Å². The monoisotopic (exact) mass is 379 g/mol. The van der Waals surface area contributed by atoms with Gasteiger partial charge in [0.2, 0.25) is 5.95 Å². The van der Waals surface area contributed by atoms with Crippen molar-refractivity contribution in [3.8, 4) is 0 Å². The van der Waals surface area contributed by atoms with E-state index in [9.17, 15) is 14.7 Å². The molecule has 1 fully saturated rings. The lowest BCUT2D eigenvalue weighted by atomic mass is 10.2. The van der Waals surface area contributed by atoms with Gasteiger partial charge in [-0.2, -0.15) is 4.98 Å². The summed E-state index contributed by atoms with van der Waals surface area (Å²) in [5.74, 6) is 0.627. The number of ether oxygens (including phenoxy) is 1. The lowest BCUT2D eigenvalue weighted by molar-refractivity contribution is -0.000176. The number of anilines is 1. The molecule has 0 radical (unpaired) electrons. The number of aryl methyl sites for hydroxylation is 1. The molecule has 2 aromatic heterocycles. The molecule has 0 spiro atoms.